The van der Waals surface area contributed by atoms with Crippen LogP contribution in [0.3, 0.4) is 0 Å². The number of aryl methyl sites for hydroxylation is 1. The summed E-state index contributed by atoms with van der Waals surface area (Å²) in [6.07, 6.45) is 0. The van der Waals surface area contributed by atoms with Crippen LogP contribution in [0.25, 0.3) is 0 Å². The molecule has 2 aromatic carbocycles. The summed E-state index contributed by atoms with van der Waals surface area (Å²) in [7, 11) is 0. The third kappa shape index (κ3) is 2.43. The highest BCUT2D eigenvalue weighted by Gasteiger charge is 2.11. The number of ether oxygens (including phenoxy) is 1. The van der Waals surface area contributed by atoms with E-state index in [1.165, 1.54) is 0 Å². The summed E-state index contributed by atoms with van der Waals surface area (Å²) in [5, 5.41) is 9.81. The number of rotatable bonds is 2. The molecule has 0 saturated heterocycles. The van der Waals surface area contributed by atoms with E-state index in [1.807, 2.05) is 13.0 Å². The summed E-state index contributed by atoms with van der Waals surface area (Å²) in [6.45, 7) is 1.87. The Morgan fingerprint density at radius 3 is 2.56 bits per heavy atom. The second-order valence-electron chi connectivity index (χ2n) is 3.72. The normalized spacial score (nSPS) is 9.89. The van der Waals surface area contributed by atoms with Crippen LogP contribution >= 0.6 is 23.2 Å². The molecule has 0 unspecified atom stereocenters. The van der Waals surface area contributed by atoms with Crippen LogP contribution in [-0.2, 0) is 0 Å². The fourth-order valence-corrected chi connectivity index (χ4v) is 1.88. The molecule has 0 N–H and O–H groups in total. The molecule has 90 valence electrons. The van der Waals surface area contributed by atoms with Gasteiger partial charge < -0.3 is 4.74 Å². The molecule has 0 heterocycles. The first-order valence-corrected chi connectivity index (χ1v) is 6.00. The Bertz CT molecular complexity index is 632. The fraction of sp³-hybridized carbons (Fsp3) is 0.0714. The van der Waals surface area contributed by atoms with Gasteiger partial charge in [-0.2, -0.15) is 5.26 Å². The van der Waals surface area contributed by atoms with Crippen LogP contribution < -0.4 is 4.74 Å². The van der Waals surface area contributed by atoms with Gasteiger partial charge in [0.25, 0.3) is 0 Å². The Hall–Kier alpha value is -1.69. The molecule has 0 bridgehead atoms. The van der Waals surface area contributed by atoms with E-state index in [4.69, 9.17) is 33.2 Å². The van der Waals surface area contributed by atoms with E-state index in [1.54, 1.807) is 30.3 Å². The van der Waals surface area contributed by atoms with Gasteiger partial charge in [0.05, 0.1) is 10.6 Å². The lowest BCUT2D eigenvalue weighted by atomic mass is 10.1. The second kappa shape index (κ2) is 5.30. The lowest BCUT2D eigenvalue weighted by molar-refractivity contribution is 0.477. The van der Waals surface area contributed by atoms with Crippen molar-refractivity contribution < 1.29 is 4.74 Å². The van der Waals surface area contributed by atoms with Gasteiger partial charge in [-0.15, -0.1) is 0 Å². The summed E-state index contributed by atoms with van der Waals surface area (Å²) < 4.78 is 5.70. The molecule has 0 aliphatic carbocycles. The molecule has 0 saturated carbocycles. The van der Waals surface area contributed by atoms with Crippen LogP contribution in [0.1, 0.15) is 11.1 Å². The quantitative estimate of drug-likeness (QED) is 0.777. The monoisotopic (exact) mass is 277 g/mol. The van der Waals surface area contributed by atoms with Gasteiger partial charge in [0.2, 0.25) is 0 Å². The van der Waals surface area contributed by atoms with Gasteiger partial charge >= 0.3 is 0 Å². The minimum absolute atomic E-state index is 0.339. The number of nitrogens with zero attached hydrogens (tertiary/aromatic N) is 1. The number of para-hydroxylation sites is 1. The predicted molar refractivity (Wildman–Crippen MR) is 72.4 cm³/mol. The highest BCUT2D eigenvalue weighted by Crippen LogP contribution is 2.36. The van der Waals surface area contributed by atoms with Crippen LogP contribution in [0.5, 0.6) is 11.5 Å². The maximum atomic E-state index is 9.06. The Kier molecular flexibility index (Phi) is 3.76. The summed E-state index contributed by atoms with van der Waals surface area (Å²) in [6, 6.07) is 12.6. The molecule has 0 aromatic heterocycles. The van der Waals surface area contributed by atoms with Gasteiger partial charge in [-0.05, 0) is 30.7 Å². The van der Waals surface area contributed by atoms with E-state index < -0.39 is 0 Å². The molecule has 0 atom stereocenters. The summed E-state index contributed by atoms with van der Waals surface area (Å²) >= 11 is 12.0. The molecule has 0 spiro atoms. The topological polar surface area (TPSA) is 33.0 Å². The first kappa shape index (κ1) is 12.8. The van der Waals surface area contributed by atoms with E-state index in [0.717, 1.165) is 5.56 Å². The zero-order valence-corrected chi connectivity index (χ0v) is 11.1. The Balaban J connectivity index is 2.47. The second-order valence-corrected chi connectivity index (χ2v) is 4.50. The number of benzene rings is 2. The Morgan fingerprint density at radius 1 is 1.11 bits per heavy atom. The van der Waals surface area contributed by atoms with Crippen LogP contribution in [0.2, 0.25) is 10.0 Å². The molecule has 0 aliphatic rings. The minimum atomic E-state index is 0.339. The zero-order valence-electron chi connectivity index (χ0n) is 9.58. The van der Waals surface area contributed by atoms with Crippen molar-refractivity contribution in [2.24, 2.45) is 0 Å². The molecular formula is C14H9Cl2NO. The SMILES string of the molecule is Cc1cccc(C#N)c1Oc1cccc(Cl)c1Cl. The standard InChI is InChI=1S/C14H9Cl2NO/c1-9-4-2-5-10(8-17)14(9)18-12-7-3-6-11(15)13(12)16/h2-7H,1H3. The van der Waals surface area contributed by atoms with Crippen LogP contribution in [0, 0.1) is 18.3 Å². The van der Waals surface area contributed by atoms with E-state index in [0.29, 0.717) is 27.1 Å². The van der Waals surface area contributed by atoms with Crippen molar-refractivity contribution in [3.63, 3.8) is 0 Å². The molecule has 0 radical (unpaired) electrons. The maximum absolute atomic E-state index is 9.06. The number of halogens is 2. The molecule has 4 heteroatoms. The fourth-order valence-electron chi connectivity index (χ4n) is 1.55. The molecule has 2 aromatic rings. The van der Waals surface area contributed by atoms with E-state index in [9.17, 15) is 0 Å². The lowest BCUT2D eigenvalue weighted by Crippen LogP contribution is -1.92. The molecular weight excluding hydrogens is 269 g/mol. The van der Waals surface area contributed by atoms with Crippen molar-refractivity contribution in [2.75, 3.05) is 0 Å². The predicted octanol–water partition coefficient (Wildman–Crippen LogP) is 4.97. The lowest BCUT2D eigenvalue weighted by Gasteiger charge is -2.11. The zero-order chi connectivity index (χ0) is 13.1. The first-order chi connectivity index (χ1) is 8.63. The van der Waals surface area contributed by atoms with Crippen LogP contribution in [0.4, 0.5) is 0 Å². The summed E-state index contributed by atoms with van der Waals surface area (Å²) in [5.74, 6) is 0.944. The van der Waals surface area contributed by atoms with Crippen molar-refractivity contribution in [1.29, 1.82) is 5.26 Å². The molecule has 2 rings (SSSR count). The van der Waals surface area contributed by atoms with Gasteiger partial charge in [0, 0.05) is 0 Å². The third-order valence-electron chi connectivity index (χ3n) is 2.46. The van der Waals surface area contributed by atoms with Crippen molar-refractivity contribution in [3.8, 4) is 17.6 Å². The van der Waals surface area contributed by atoms with Crippen molar-refractivity contribution in [1.82, 2.24) is 0 Å². The Labute approximate surface area is 115 Å². The van der Waals surface area contributed by atoms with Crippen molar-refractivity contribution in [2.45, 2.75) is 6.92 Å². The van der Waals surface area contributed by atoms with Crippen LogP contribution in [0.15, 0.2) is 36.4 Å². The smallest absolute Gasteiger partial charge is 0.148 e. The van der Waals surface area contributed by atoms with E-state index >= 15 is 0 Å². The van der Waals surface area contributed by atoms with Gasteiger partial charge in [0.1, 0.15) is 22.6 Å². The molecule has 0 aliphatic heterocycles. The van der Waals surface area contributed by atoms with Gasteiger partial charge in [-0.1, -0.05) is 41.4 Å². The maximum Gasteiger partial charge on any atom is 0.148 e. The average molecular weight is 278 g/mol. The van der Waals surface area contributed by atoms with Crippen LogP contribution in [-0.4, -0.2) is 0 Å². The molecule has 0 amide bonds. The van der Waals surface area contributed by atoms with Gasteiger partial charge in [-0.25, -0.2) is 0 Å². The minimum Gasteiger partial charge on any atom is -0.454 e. The number of hydrogen-bond acceptors (Lipinski definition) is 2. The summed E-state index contributed by atoms with van der Waals surface area (Å²) in [4.78, 5) is 0. The van der Waals surface area contributed by atoms with E-state index in [2.05, 4.69) is 6.07 Å². The third-order valence-corrected chi connectivity index (χ3v) is 3.26. The Morgan fingerprint density at radius 2 is 1.83 bits per heavy atom. The molecule has 2 nitrogen and oxygen atoms in total. The molecule has 0 fully saturated rings. The summed E-state index contributed by atoms with van der Waals surface area (Å²) in [5.41, 5.74) is 1.33. The van der Waals surface area contributed by atoms with E-state index in [-0.39, 0.29) is 0 Å². The number of nitriles is 1. The first-order valence-electron chi connectivity index (χ1n) is 5.25. The van der Waals surface area contributed by atoms with Crippen molar-refractivity contribution >= 4 is 23.2 Å². The largest absolute Gasteiger partial charge is 0.454 e. The molecule has 18 heavy (non-hydrogen) atoms. The van der Waals surface area contributed by atoms with Gasteiger partial charge in [-0.3, -0.25) is 0 Å². The highest BCUT2D eigenvalue weighted by molar-refractivity contribution is 6.42. The average Bonchev–Trinajstić information content (AvgIpc) is 2.37. The highest BCUT2D eigenvalue weighted by atomic mass is 35.5. The van der Waals surface area contributed by atoms with Crippen molar-refractivity contribution in [3.05, 3.63) is 57.6 Å². The van der Waals surface area contributed by atoms with Gasteiger partial charge in [0.15, 0.2) is 0 Å². The number of hydrogen-bond donors (Lipinski definition) is 0.